The van der Waals surface area contributed by atoms with E-state index in [0.717, 1.165) is 0 Å². The number of aliphatic hydroxyl groups excluding tert-OH is 1. The molecule has 0 radical (unpaired) electrons. The SMILES string of the molecule is CC(=O)OC/C(=C\[C@@H](Cl)[C@H](O)COC(=O)c1ccccc1)COC(=O)c1ccccc1. The van der Waals surface area contributed by atoms with E-state index in [9.17, 15) is 19.5 Å². The molecule has 0 saturated carbocycles. The molecule has 0 aliphatic heterocycles. The maximum absolute atomic E-state index is 12.1. The van der Waals surface area contributed by atoms with Gasteiger partial charge in [0.1, 0.15) is 25.9 Å². The Hall–Kier alpha value is -3.16. The van der Waals surface area contributed by atoms with Gasteiger partial charge in [-0.2, -0.15) is 0 Å². The zero-order chi connectivity index (χ0) is 22.6. The number of halogens is 1. The summed E-state index contributed by atoms with van der Waals surface area (Å²) in [6.07, 6.45) is 0.176. The Kier molecular flexibility index (Phi) is 9.74. The van der Waals surface area contributed by atoms with Crippen molar-refractivity contribution in [1.29, 1.82) is 0 Å². The van der Waals surface area contributed by atoms with E-state index in [4.69, 9.17) is 25.8 Å². The van der Waals surface area contributed by atoms with Crippen LogP contribution >= 0.6 is 11.6 Å². The summed E-state index contributed by atoms with van der Waals surface area (Å²) in [6.45, 7) is 0.532. The van der Waals surface area contributed by atoms with Crippen molar-refractivity contribution in [3.63, 3.8) is 0 Å². The van der Waals surface area contributed by atoms with Crippen LogP contribution in [0.3, 0.4) is 0 Å². The summed E-state index contributed by atoms with van der Waals surface area (Å²) in [4.78, 5) is 35.2. The van der Waals surface area contributed by atoms with Crippen molar-refractivity contribution in [1.82, 2.24) is 0 Å². The minimum Gasteiger partial charge on any atom is -0.461 e. The van der Waals surface area contributed by atoms with Crippen LogP contribution in [-0.4, -0.2) is 54.3 Å². The Labute approximate surface area is 185 Å². The number of hydrogen-bond acceptors (Lipinski definition) is 7. The van der Waals surface area contributed by atoms with Crippen molar-refractivity contribution < 1.29 is 33.7 Å². The zero-order valence-corrected chi connectivity index (χ0v) is 17.7. The first-order chi connectivity index (χ1) is 14.9. The maximum atomic E-state index is 12.1. The van der Waals surface area contributed by atoms with Gasteiger partial charge in [0.2, 0.25) is 0 Å². The summed E-state index contributed by atoms with van der Waals surface area (Å²) in [5, 5.41) is 9.24. The molecule has 1 N–H and O–H groups in total. The summed E-state index contributed by atoms with van der Waals surface area (Å²) < 4.78 is 15.3. The third-order valence-electron chi connectivity index (χ3n) is 4.02. The van der Waals surface area contributed by atoms with Gasteiger partial charge >= 0.3 is 17.9 Å². The Balaban J connectivity index is 1.95. The average molecular weight is 447 g/mol. The summed E-state index contributed by atoms with van der Waals surface area (Å²) in [5.74, 6) is -1.68. The van der Waals surface area contributed by atoms with Crippen molar-refractivity contribution in [2.75, 3.05) is 19.8 Å². The highest BCUT2D eigenvalue weighted by Crippen LogP contribution is 2.12. The number of aliphatic hydroxyl groups is 1. The Morgan fingerprint density at radius 3 is 1.87 bits per heavy atom. The van der Waals surface area contributed by atoms with Gasteiger partial charge in [-0.15, -0.1) is 11.6 Å². The standard InChI is InChI=1S/C23H23ClO7/c1-16(25)29-13-17(14-30-22(27)18-8-4-2-5-9-18)12-20(24)21(26)15-31-23(28)19-10-6-3-7-11-19/h2-12,20-21,26H,13-15H2,1H3/b17-12+/t20-,21-/m1/s1. The molecule has 0 fully saturated rings. The van der Waals surface area contributed by atoms with Gasteiger partial charge in [-0.25, -0.2) is 9.59 Å². The molecule has 0 spiro atoms. The monoisotopic (exact) mass is 446 g/mol. The number of esters is 3. The van der Waals surface area contributed by atoms with Crippen molar-refractivity contribution in [2.24, 2.45) is 0 Å². The molecule has 0 aliphatic rings. The largest absolute Gasteiger partial charge is 0.461 e. The van der Waals surface area contributed by atoms with Crippen LogP contribution in [-0.2, 0) is 19.0 Å². The van der Waals surface area contributed by atoms with Gasteiger partial charge in [0.25, 0.3) is 0 Å². The van der Waals surface area contributed by atoms with Crippen LogP contribution in [0, 0.1) is 0 Å². The third-order valence-corrected chi connectivity index (χ3v) is 4.43. The quantitative estimate of drug-likeness (QED) is 0.259. The number of benzene rings is 2. The smallest absolute Gasteiger partial charge is 0.338 e. The normalized spacial score (nSPS) is 13.1. The number of rotatable bonds is 10. The summed E-state index contributed by atoms with van der Waals surface area (Å²) in [7, 11) is 0. The van der Waals surface area contributed by atoms with Crippen LogP contribution in [0.25, 0.3) is 0 Å². The molecular formula is C23H23ClO7. The van der Waals surface area contributed by atoms with Crippen LogP contribution < -0.4 is 0 Å². The second kappa shape index (κ2) is 12.5. The number of carbonyl (C=O) groups is 3. The topological polar surface area (TPSA) is 99.1 Å². The second-order valence-electron chi connectivity index (χ2n) is 6.52. The van der Waals surface area contributed by atoms with Gasteiger partial charge in [-0.05, 0) is 24.3 Å². The molecule has 0 bridgehead atoms. The summed E-state index contributed by atoms with van der Waals surface area (Å²) >= 11 is 6.20. The van der Waals surface area contributed by atoms with E-state index in [1.54, 1.807) is 60.7 Å². The lowest BCUT2D eigenvalue weighted by Crippen LogP contribution is -2.27. The van der Waals surface area contributed by atoms with Crippen molar-refractivity contribution in [2.45, 2.75) is 18.4 Å². The fourth-order valence-electron chi connectivity index (χ4n) is 2.39. The minimum atomic E-state index is -1.23. The molecule has 0 aliphatic carbocycles. The van der Waals surface area contributed by atoms with Crippen molar-refractivity contribution in [3.8, 4) is 0 Å². The van der Waals surface area contributed by atoms with Gasteiger partial charge in [0, 0.05) is 12.5 Å². The van der Waals surface area contributed by atoms with E-state index >= 15 is 0 Å². The van der Waals surface area contributed by atoms with Crippen molar-refractivity contribution >= 4 is 29.5 Å². The second-order valence-corrected chi connectivity index (χ2v) is 7.03. The van der Waals surface area contributed by atoms with Gasteiger partial charge < -0.3 is 19.3 Å². The molecule has 8 heteroatoms. The van der Waals surface area contributed by atoms with Gasteiger partial charge in [0.05, 0.1) is 16.5 Å². The zero-order valence-electron chi connectivity index (χ0n) is 16.9. The highest BCUT2D eigenvalue weighted by molar-refractivity contribution is 6.22. The molecule has 7 nitrogen and oxygen atoms in total. The summed E-state index contributed by atoms with van der Waals surface area (Å²) in [5.41, 5.74) is 1.08. The van der Waals surface area contributed by atoms with E-state index in [-0.39, 0.29) is 19.8 Å². The third kappa shape index (κ3) is 8.62. The molecule has 0 heterocycles. The molecular weight excluding hydrogens is 424 g/mol. The molecule has 0 amide bonds. The first-order valence-electron chi connectivity index (χ1n) is 9.46. The molecule has 2 aromatic rings. The number of ether oxygens (including phenoxy) is 3. The fourth-order valence-corrected chi connectivity index (χ4v) is 2.65. The lowest BCUT2D eigenvalue weighted by Gasteiger charge is -2.16. The van der Waals surface area contributed by atoms with E-state index in [0.29, 0.717) is 16.7 Å². The highest BCUT2D eigenvalue weighted by Gasteiger charge is 2.19. The maximum Gasteiger partial charge on any atom is 0.338 e. The average Bonchev–Trinajstić information content (AvgIpc) is 2.79. The predicted octanol–water partition coefficient (Wildman–Crippen LogP) is 3.16. The lowest BCUT2D eigenvalue weighted by atomic mass is 10.1. The van der Waals surface area contributed by atoms with Crippen LogP contribution in [0.2, 0.25) is 0 Å². The molecule has 31 heavy (non-hydrogen) atoms. The van der Waals surface area contributed by atoms with E-state index in [1.807, 2.05) is 0 Å². The highest BCUT2D eigenvalue weighted by atomic mass is 35.5. The van der Waals surface area contributed by atoms with Crippen LogP contribution in [0.1, 0.15) is 27.6 Å². The Bertz CT molecular complexity index is 897. The van der Waals surface area contributed by atoms with E-state index in [2.05, 4.69) is 0 Å². The molecule has 0 unspecified atom stereocenters. The molecule has 2 atom stereocenters. The molecule has 164 valence electrons. The Morgan fingerprint density at radius 2 is 1.35 bits per heavy atom. The minimum absolute atomic E-state index is 0.169. The van der Waals surface area contributed by atoms with Crippen molar-refractivity contribution in [3.05, 3.63) is 83.4 Å². The molecule has 2 rings (SSSR count). The van der Waals surface area contributed by atoms with Crippen LogP contribution in [0.15, 0.2) is 72.3 Å². The first-order valence-corrected chi connectivity index (χ1v) is 9.90. The molecule has 0 saturated heterocycles. The molecule has 2 aromatic carbocycles. The predicted molar refractivity (Wildman–Crippen MR) is 114 cm³/mol. The number of alkyl halides is 1. The van der Waals surface area contributed by atoms with E-state index < -0.39 is 29.4 Å². The lowest BCUT2D eigenvalue weighted by molar-refractivity contribution is -0.140. The molecule has 0 aromatic heterocycles. The van der Waals surface area contributed by atoms with Crippen LogP contribution in [0.5, 0.6) is 0 Å². The van der Waals surface area contributed by atoms with E-state index in [1.165, 1.54) is 13.0 Å². The number of hydrogen-bond donors (Lipinski definition) is 1. The van der Waals surface area contributed by atoms with Gasteiger partial charge in [-0.1, -0.05) is 42.5 Å². The van der Waals surface area contributed by atoms with Gasteiger partial charge in [0.15, 0.2) is 0 Å². The fraction of sp³-hybridized carbons (Fsp3) is 0.261. The van der Waals surface area contributed by atoms with Crippen LogP contribution in [0.4, 0.5) is 0 Å². The Morgan fingerprint density at radius 1 is 0.871 bits per heavy atom. The summed E-state index contributed by atoms with van der Waals surface area (Å²) in [6, 6.07) is 16.7. The van der Waals surface area contributed by atoms with Gasteiger partial charge in [-0.3, -0.25) is 4.79 Å². The number of carbonyl (C=O) groups excluding carboxylic acids is 3. The first kappa shape index (κ1) is 24.1.